The highest BCUT2D eigenvalue weighted by atomic mass is 16.7. The predicted molar refractivity (Wildman–Crippen MR) is 78.1 cm³/mol. The summed E-state index contributed by atoms with van der Waals surface area (Å²) in [5, 5.41) is 71.5. The number of carbonyl (C=O) groups is 1. The standard InChI is InChI=1S/C13H23N2O11/c14-13(23)15-11-8(21)7(20)10(4(2-17)24-11)26-12-9(22)6(19)5(18)3(1-16)25-12/h3-12,16-22H,1-2H2,(H2,14,23)/t3-,4-,5+,6+,7-,8-,9-,10-,11?,12+/m1/s1/i15+1. The van der Waals surface area contributed by atoms with Gasteiger partial charge >= 0.3 is 6.03 Å². The Balaban J connectivity index is 2.12. The van der Waals surface area contributed by atoms with Gasteiger partial charge in [-0.1, -0.05) is 0 Å². The van der Waals surface area contributed by atoms with Gasteiger partial charge in [0.1, 0.15) is 48.8 Å². The molecule has 26 heavy (non-hydrogen) atoms. The molecule has 0 spiro atoms. The van der Waals surface area contributed by atoms with E-state index in [0.717, 1.165) is 0 Å². The third kappa shape index (κ3) is 4.23. The molecule has 9 N–H and O–H groups in total. The summed E-state index contributed by atoms with van der Waals surface area (Å²) >= 11 is 0. The van der Waals surface area contributed by atoms with E-state index in [1.54, 1.807) is 0 Å². The van der Waals surface area contributed by atoms with Crippen LogP contribution in [0.15, 0.2) is 0 Å². The molecule has 10 atom stereocenters. The summed E-state index contributed by atoms with van der Waals surface area (Å²) in [4.78, 5) is 10.9. The Hall–Kier alpha value is -1.13. The molecule has 0 aliphatic carbocycles. The molecule has 0 saturated carbocycles. The summed E-state index contributed by atoms with van der Waals surface area (Å²) in [6, 6.07) is -1.16. The molecule has 13 heteroatoms. The van der Waals surface area contributed by atoms with Crippen LogP contribution in [0.25, 0.3) is 0 Å². The maximum absolute atomic E-state index is 10.9. The van der Waals surface area contributed by atoms with E-state index in [2.05, 4.69) is 5.32 Å². The molecule has 13 nitrogen and oxygen atoms in total. The number of amides is 2. The number of aliphatic hydroxyl groups excluding tert-OH is 7. The monoisotopic (exact) mass is 384 g/mol. The van der Waals surface area contributed by atoms with Gasteiger partial charge < -0.3 is 55.7 Å². The Morgan fingerprint density at radius 2 is 1.50 bits per heavy atom. The molecule has 2 fully saturated rings. The highest BCUT2D eigenvalue weighted by molar-refractivity contribution is 5.71. The van der Waals surface area contributed by atoms with Gasteiger partial charge in [-0.25, -0.2) is 4.79 Å². The van der Waals surface area contributed by atoms with E-state index in [-0.39, 0.29) is 0 Å². The number of rotatable bonds is 5. The Morgan fingerprint density at radius 1 is 0.885 bits per heavy atom. The van der Waals surface area contributed by atoms with Crippen molar-refractivity contribution in [3.05, 3.63) is 0 Å². The molecule has 2 rings (SSSR count). The first-order valence-electron chi connectivity index (χ1n) is 7.80. The van der Waals surface area contributed by atoms with E-state index >= 15 is 0 Å². The fraction of sp³-hybridized carbons (Fsp3) is 0.923. The zero-order valence-electron chi connectivity index (χ0n) is 13.5. The minimum atomic E-state index is -1.76. The van der Waals surface area contributed by atoms with Crippen LogP contribution in [-0.2, 0) is 14.2 Å². The number of urea groups is 1. The molecular weight excluding hydrogens is 361 g/mol. The first-order chi connectivity index (χ1) is 12.2. The molecule has 2 amide bonds. The topological polar surface area (TPSA) is 226 Å². The summed E-state index contributed by atoms with van der Waals surface area (Å²) in [5.41, 5.74) is 4.88. The number of hydrogen-bond acceptors (Lipinski definition) is 11. The third-order valence-corrected chi connectivity index (χ3v) is 4.23. The summed E-state index contributed by atoms with van der Waals surface area (Å²) in [5.74, 6) is 0. The lowest BCUT2D eigenvalue weighted by atomic mass is 9.97. The van der Waals surface area contributed by atoms with Crippen molar-refractivity contribution in [2.75, 3.05) is 13.2 Å². The van der Waals surface area contributed by atoms with E-state index in [4.69, 9.17) is 25.1 Å². The summed E-state index contributed by atoms with van der Waals surface area (Å²) < 4.78 is 15.6. The van der Waals surface area contributed by atoms with Crippen LogP contribution in [0.5, 0.6) is 0 Å². The van der Waals surface area contributed by atoms with Gasteiger partial charge in [-0.3, -0.25) is 0 Å². The molecule has 0 aromatic rings. The van der Waals surface area contributed by atoms with Crippen LogP contribution in [0.4, 0.5) is 4.79 Å². The van der Waals surface area contributed by atoms with Crippen LogP contribution in [0.3, 0.4) is 0 Å². The molecule has 0 aromatic carbocycles. The number of primary amides is 1. The molecule has 0 aromatic heterocycles. The third-order valence-electron chi connectivity index (χ3n) is 4.23. The highest BCUT2D eigenvalue weighted by Gasteiger charge is 2.50. The summed E-state index contributed by atoms with van der Waals surface area (Å²) in [6.07, 6.45) is -15.8. The normalized spacial score (nSPS) is 46.7. The minimum Gasteiger partial charge on any atom is -0.394 e. The number of nitrogens with two attached hydrogens (primary N) is 1. The second kappa shape index (κ2) is 8.71. The zero-order valence-corrected chi connectivity index (χ0v) is 13.5. The molecule has 2 saturated heterocycles. The first kappa shape index (κ1) is 21.2. The lowest BCUT2D eigenvalue weighted by Gasteiger charge is -2.45. The van der Waals surface area contributed by atoms with Crippen molar-refractivity contribution in [3.63, 3.8) is 0 Å². The van der Waals surface area contributed by atoms with Gasteiger partial charge in [-0.15, -0.1) is 0 Å². The van der Waals surface area contributed by atoms with Gasteiger partial charge in [0.15, 0.2) is 12.5 Å². The molecule has 0 bridgehead atoms. The fourth-order valence-corrected chi connectivity index (χ4v) is 2.80. The van der Waals surface area contributed by atoms with Crippen LogP contribution in [0, 0.1) is 0 Å². The van der Waals surface area contributed by atoms with Gasteiger partial charge in [-0.2, -0.15) is 5.32 Å². The highest BCUT2D eigenvalue weighted by Crippen LogP contribution is 2.28. The molecule has 1 unspecified atom stereocenters. The van der Waals surface area contributed by atoms with E-state index in [0.29, 0.717) is 0 Å². The Kier molecular flexibility index (Phi) is 7.09. The van der Waals surface area contributed by atoms with Gasteiger partial charge in [0, 0.05) is 0 Å². The second-order valence-electron chi connectivity index (χ2n) is 5.99. The Bertz CT molecular complexity index is 479. The van der Waals surface area contributed by atoms with E-state index in [1.807, 2.05) is 0 Å². The number of hydrogen-bond donors (Lipinski definition) is 8. The van der Waals surface area contributed by atoms with E-state index in [1.165, 1.54) is 0 Å². The number of aliphatic hydroxyl groups is 7. The van der Waals surface area contributed by atoms with Crippen molar-refractivity contribution in [2.45, 2.75) is 61.3 Å². The molecule has 1 radical (unpaired) electrons. The molecular formula is C13H23N2O11. The van der Waals surface area contributed by atoms with Crippen LogP contribution >= 0.6 is 0 Å². The largest absolute Gasteiger partial charge is 0.394 e. The van der Waals surface area contributed by atoms with Crippen molar-refractivity contribution < 1.29 is 54.8 Å². The van der Waals surface area contributed by atoms with E-state index < -0.39 is 80.6 Å². The van der Waals surface area contributed by atoms with Gasteiger partial charge in [0.25, 0.3) is 0 Å². The van der Waals surface area contributed by atoms with Crippen molar-refractivity contribution in [1.82, 2.24) is 5.32 Å². The number of carbonyl (C=O) groups excluding carboxylic acids is 1. The van der Waals surface area contributed by atoms with Gasteiger partial charge in [-0.05, 0) is 0 Å². The molecule has 151 valence electrons. The summed E-state index contributed by atoms with van der Waals surface area (Å²) in [7, 11) is 0. The first-order valence-corrected chi connectivity index (χ1v) is 7.80. The smallest absolute Gasteiger partial charge is 0.336 e. The quantitative estimate of drug-likeness (QED) is 0.208. The van der Waals surface area contributed by atoms with Crippen LogP contribution in [0.1, 0.15) is 0 Å². The molecule has 2 heterocycles. The number of nitrogens with zero attached hydrogens (tertiary/aromatic N) is 1. The number of ether oxygens (including phenoxy) is 3. The summed E-state index contributed by atoms with van der Waals surface area (Å²) in [6.45, 7) is -1.42. The zero-order chi connectivity index (χ0) is 19.6. The van der Waals surface area contributed by atoms with Crippen LogP contribution < -0.4 is 11.1 Å². The second-order valence-corrected chi connectivity index (χ2v) is 5.99. The lowest BCUT2D eigenvalue weighted by Crippen LogP contribution is -2.65. The average molecular weight is 384 g/mol. The van der Waals surface area contributed by atoms with E-state index in [9.17, 15) is 35.4 Å². The van der Waals surface area contributed by atoms with Crippen molar-refractivity contribution in [1.29, 1.82) is 0 Å². The maximum Gasteiger partial charge on any atom is 0.336 e. The predicted octanol–water partition coefficient (Wildman–Crippen LogP) is -5.71. The minimum absolute atomic E-state index is 0.694. The maximum atomic E-state index is 10.9. The molecule has 2 aliphatic heterocycles. The molecule has 2 aliphatic rings. The van der Waals surface area contributed by atoms with Crippen molar-refractivity contribution in [3.8, 4) is 0 Å². The van der Waals surface area contributed by atoms with Crippen molar-refractivity contribution in [2.24, 2.45) is 5.73 Å². The lowest BCUT2D eigenvalue weighted by molar-refractivity contribution is -0.342. The Morgan fingerprint density at radius 3 is 2.04 bits per heavy atom. The average Bonchev–Trinajstić information content (AvgIpc) is 2.60. The Labute approximate surface area is 147 Å². The SMILES string of the molecule is NC(=O)[15N]C1O[C@H](CO)[C@@H](O[C@@H]2O[C@H](CO)[C@H](O)[C@H](O)[C@H]2O)[C@H](O)[C@H]1O. The fourth-order valence-electron chi connectivity index (χ4n) is 2.80. The van der Waals surface area contributed by atoms with Crippen LogP contribution in [0.2, 0.25) is 0 Å². The van der Waals surface area contributed by atoms with Gasteiger partial charge in [0.05, 0.1) is 13.2 Å². The van der Waals surface area contributed by atoms with Crippen molar-refractivity contribution >= 4 is 6.03 Å². The van der Waals surface area contributed by atoms with Gasteiger partial charge in [0.2, 0.25) is 0 Å². The van der Waals surface area contributed by atoms with Crippen LogP contribution in [-0.4, -0.2) is 116 Å².